The van der Waals surface area contributed by atoms with Crippen LogP contribution in [0.1, 0.15) is 98.0 Å². The van der Waals surface area contributed by atoms with Crippen molar-refractivity contribution in [1.29, 1.82) is 0 Å². The molecule has 0 heterocycles. The van der Waals surface area contributed by atoms with Crippen molar-refractivity contribution in [2.24, 2.45) is 5.92 Å². The van der Waals surface area contributed by atoms with Crippen molar-refractivity contribution in [2.45, 2.75) is 92.4 Å². The summed E-state index contributed by atoms with van der Waals surface area (Å²) in [5.74, 6) is 1.34. The molecule has 0 saturated carbocycles. The van der Waals surface area contributed by atoms with Crippen molar-refractivity contribution in [3.63, 3.8) is 0 Å². The van der Waals surface area contributed by atoms with E-state index < -0.39 is 0 Å². The molecule has 1 N–H and O–H groups in total. The van der Waals surface area contributed by atoms with Crippen molar-refractivity contribution in [2.75, 3.05) is 19.5 Å². The van der Waals surface area contributed by atoms with Crippen LogP contribution in [-0.2, 0) is 0 Å². The molecular formula is C33H47NO. The first-order chi connectivity index (χ1) is 17.0. The molecule has 0 amide bonds. The normalized spacial score (nSPS) is 21.1. The highest BCUT2D eigenvalue weighted by atomic mass is 16.5. The maximum atomic E-state index is 5.85. The van der Waals surface area contributed by atoms with Gasteiger partial charge in [0.2, 0.25) is 0 Å². The monoisotopic (exact) mass is 473 g/mol. The number of benzene rings is 1. The maximum Gasteiger partial charge on any atom is 0.142 e. The number of ether oxygens (including phenoxy) is 1. The summed E-state index contributed by atoms with van der Waals surface area (Å²) in [5, 5.41) is 3.30. The molecule has 2 aliphatic rings. The summed E-state index contributed by atoms with van der Waals surface area (Å²) in [5.41, 5.74) is 12.9. The standard InChI is InChI=1S/C33H47NO/c1-8-14-25-17-11-12-18-26(15-9-2)32(25)33(27-20-21-29(34-6)30(22-27)35-7)31(23(3)4)28-19-13-10-16-24(28)5/h11,15,17,20-22,25,34H,8-10,12-14,16,18-19H2,1-7H3/b26-15+,33-32-. The zero-order chi connectivity index (χ0) is 25.4. The van der Waals surface area contributed by atoms with E-state index in [2.05, 4.69) is 76.4 Å². The second-order valence-electron chi connectivity index (χ2n) is 10.3. The maximum absolute atomic E-state index is 5.85. The summed E-state index contributed by atoms with van der Waals surface area (Å²) in [6.07, 6.45) is 18.1. The van der Waals surface area contributed by atoms with Gasteiger partial charge in [-0.1, -0.05) is 55.7 Å². The lowest BCUT2D eigenvalue weighted by molar-refractivity contribution is 0.416. The first-order valence-electron chi connectivity index (χ1n) is 13.8. The Bertz CT molecular complexity index is 1040. The minimum atomic E-state index is 0.434. The van der Waals surface area contributed by atoms with Crippen LogP contribution >= 0.6 is 0 Å². The van der Waals surface area contributed by atoms with Gasteiger partial charge in [0.05, 0.1) is 12.8 Å². The molecule has 0 bridgehead atoms. The molecule has 190 valence electrons. The molecule has 1 unspecified atom stereocenters. The first kappa shape index (κ1) is 27.1. The second kappa shape index (κ2) is 13.0. The molecule has 0 aromatic heterocycles. The third-order valence-corrected chi connectivity index (χ3v) is 7.54. The lowest BCUT2D eigenvalue weighted by atomic mass is 9.75. The molecule has 1 aromatic carbocycles. The topological polar surface area (TPSA) is 21.3 Å². The smallest absolute Gasteiger partial charge is 0.142 e. The van der Waals surface area contributed by atoms with E-state index in [1.54, 1.807) is 23.8 Å². The highest BCUT2D eigenvalue weighted by molar-refractivity contribution is 5.90. The second-order valence-corrected chi connectivity index (χ2v) is 10.3. The Hall–Kier alpha value is -2.48. The van der Waals surface area contributed by atoms with E-state index in [9.17, 15) is 0 Å². The Labute approximate surface area is 214 Å². The van der Waals surface area contributed by atoms with Crippen LogP contribution < -0.4 is 10.1 Å². The molecular weight excluding hydrogens is 426 g/mol. The number of hydrogen-bond donors (Lipinski definition) is 1. The molecule has 3 rings (SSSR count). The van der Waals surface area contributed by atoms with Crippen LogP contribution in [0.5, 0.6) is 5.75 Å². The summed E-state index contributed by atoms with van der Waals surface area (Å²) in [7, 11) is 3.74. The van der Waals surface area contributed by atoms with E-state index >= 15 is 0 Å². The van der Waals surface area contributed by atoms with Gasteiger partial charge < -0.3 is 10.1 Å². The fourth-order valence-electron chi connectivity index (χ4n) is 5.91. The van der Waals surface area contributed by atoms with Gasteiger partial charge >= 0.3 is 0 Å². The Morgan fingerprint density at radius 3 is 2.51 bits per heavy atom. The molecule has 0 aliphatic heterocycles. The van der Waals surface area contributed by atoms with Gasteiger partial charge in [-0.2, -0.15) is 0 Å². The van der Waals surface area contributed by atoms with Gasteiger partial charge in [0.1, 0.15) is 5.75 Å². The first-order valence-corrected chi connectivity index (χ1v) is 13.8. The Balaban J connectivity index is 2.46. The molecule has 0 radical (unpaired) electrons. The zero-order valence-electron chi connectivity index (χ0n) is 23.3. The predicted molar refractivity (Wildman–Crippen MR) is 154 cm³/mol. The van der Waals surface area contributed by atoms with Crippen LogP contribution in [0.2, 0.25) is 0 Å². The SMILES string of the molecule is CC/C=C1\CCC=CC(CCC)\C1=C(\C(=C(C)C)C1=C(C)CCCC1)c1ccc(NC)c(OC)c1. The quantitative estimate of drug-likeness (QED) is 0.379. The fraction of sp³-hybridized carbons (Fsp3) is 0.515. The lowest BCUT2D eigenvalue weighted by Gasteiger charge is -2.30. The Morgan fingerprint density at radius 2 is 1.89 bits per heavy atom. The minimum absolute atomic E-state index is 0.434. The van der Waals surface area contributed by atoms with E-state index in [1.807, 2.05) is 7.05 Å². The van der Waals surface area contributed by atoms with E-state index in [0.717, 1.165) is 30.7 Å². The summed E-state index contributed by atoms with van der Waals surface area (Å²) >= 11 is 0. The number of rotatable bonds is 8. The average Bonchev–Trinajstić information content (AvgIpc) is 3.05. The van der Waals surface area contributed by atoms with Crippen LogP contribution in [0.3, 0.4) is 0 Å². The van der Waals surface area contributed by atoms with Gasteiger partial charge in [-0.15, -0.1) is 0 Å². The van der Waals surface area contributed by atoms with Crippen molar-refractivity contribution in [1.82, 2.24) is 0 Å². The highest BCUT2D eigenvalue weighted by Crippen LogP contribution is 2.47. The third kappa shape index (κ3) is 6.21. The van der Waals surface area contributed by atoms with E-state index in [-0.39, 0.29) is 0 Å². The molecule has 0 saturated heterocycles. The van der Waals surface area contributed by atoms with E-state index in [1.165, 1.54) is 66.4 Å². The van der Waals surface area contributed by atoms with Gasteiger partial charge in [0.15, 0.2) is 0 Å². The van der Waals surface area contributed by atoms with Crippen molar-refractivity contribution >= 4 is 11.3 Å². The molecule has 0 spiro atoms. The van der Waals surface area contributed by atoms with Crippen LogP contribution in [0.25, 0.3) is 5.57 Å². The van der Waals surface area contributed by atoms with Crippen LogP contribution in [0.15, 0.2) is 69.9 Å². The van der Waals surface area contributed by atoms with Crippen LogP contribution in [0, 0.1) is 5.92 Å². The minimum Gasteiger partial charge on any atom is -0.495 e. The van der Waals surface area contributed by atoms with E-state index in [0.29, 0.717) is 5.92 Å². The molecule has 35 heavy (non-hydrogen) atoms. The van der Waals surface area contributed by atoms with Gasteiger partial charge in [-0.25, -0.2) is 0 Å². The van der Waals surface area contributed by atoms with E-state index in [4.69, 9.17) is 4.74 Å². The van der Waals surface area contributed by atoms with Gasteiger partial charge in [0.25, 0.3) is 0 Å². The van der Waals surface area contributed by atoms with Crippen molar-refractivity contribution in [3.8, 4) is 5.75 Å². The summed E-state index contributed by atoms with van der Waals surface area (Å²) in [4.78, 5) is 0. The summed E-state index contributed by atoms with van der Waals surface area (Å²) in [6, 6.07) is 6.75. The number of hydrogen-bond acceptors (Lipinski definition) is 2. The Kier molecular flexibility index (Phi) is 10.1. The number of allylic oxidation sites excluding steroid dienone is 10. The van der Waals surface area contributed by atoms with Crippen LogP contribution in [-0.4, -0.2) is 14.2 Å². The van der Waals surface area contributed by atoms with Crippen molar-refractivity contribution < 1.29 is 4.74 Å². The third-order valence-electron chi connectivity index (χ3n) is 7.54. The zero-order valence-corrected chi connectivity index (χ0v) is 23.3. The average molecular weight is 474 g/mol. The molecule has 1 atom stereocenters. The van der Waals surface area contributed by atoms with Gasteiger partial charge in [-0.3, -0.25) is 0 Å². The molecule has 2 aliphatic carbocycles. The van der Waals surface area contributed by atoms with Crippen molar-refractivity contribution in [3.05, 3.63) is 75.4 Å². The molecule has 2 nitrogen and oxygen atoms in total. The lowest BCUT2D eigenvalue weighted by Crippen LogP contribution is -2.12. The number of methoxy groups -OCH3 is 1. The van der Waals surface area contributed by atoms with Gasteiger partial charge in [0, 0.05) is 13.0 Å². The largest absolute Gasteiger partial charge is 0.495 e. The molecule has 1 aromatic rings. The van der Waals surface area contributed by atoms with Crippen LogP contribution in [0.4, 0.5) is 5.69 Å². The summed E-state index contributed by atoms with van der Waals surface area (Å²) in [6.45, 7) is 11.6. The number of anilines is 1. The van der Waals surface area contributed by atoms with Gasteiger partial charge in [-0.05, 0) is 118 Å². The predicted octanol–water partition coefficient (Wildman–Crippen LogP) is 9.82. The molecule has 0 fully saturated rings. The fourth-order valence-corrected chi connectivity index (χ4v) is 5.91. The Morgan fingerprint density at radius 1 is 1.11 bits per heavy atom. The highest BCUT2D eigenvalue weighted by Gasteiger charge is 2.28. The molecule has 2 heteroatoms. The number of nitrogens with one attached hydrogen (secondary N) is 1. The summed E-state index contributed by atoms with van der Waals surface area (Å²) < 4.78 is 5.85.